The molecule has 4 rings (SSSR count). The summed E-state index contributed by atoms with van der Waals surface area (Å²) in [6.45, 7) is 2.72. The van der Waals surface area contributed by atoms with E-state index in [-0.39, 0.29) is 32.2 Å². The third kappa shape index (κ3) is 4.32. The molecule has 0 aliphatic carbocycles. The van der Waals surface area contributed by atoms with Gasteiger partial charge in [0.05, 0.1) is 16.3 Å². The highest BCUT2D eigenvalue weighted by Crippen LogP contribution is 2.43. The number of nitrogens with zero attached hydrogens (tertiary/aromatic N) is 6. The van der Waals surface area contributed by atoms with E-state index in [4.69, 9.17) is 5.73 Å². The average Bonchev–Trinajstić information content (AvgIpc) is 3.42. The van der Waals surface area contributed by atoms with E-state index in [9.17, 15) is 28.5 Å². The van der Waals surface area contributed by atoms with E-state index in [1.165, 1.54) is 17.7 Å². The number of carbonyl (C=O) groups excluding carboxylic acids is 2. The van der Waals surface area contributed by atoms with Gasteiger partial charge in [-0.15, -0.1) is 11.3 Å². The monoisotopic (exact) mass is 504 g/mol. The van der Waals surface area contributed by atoms with Gasteiger partial charge in [0.2, 0.25) is 5.91 Å². The molecule has 0 aromatic carbocycles. The molecule has 0 atom stereocenters. The Hall–Kier alpha value is -4.27. The summed E-state index contributed by atoms with van der Waals surface area (Å²) in [5.74, 6) is -1.55. The van der Waals surface area contributed by atoms with E-state index >= 15 is 0 Å². The fourth-order valence-electron chi connectivity index (χ4n) is 3.69. The van der Waals surface area contributed by atoms with Crippen LogP contribution in [0.3, 0.4) is 0 Å². The van der Waals surface area contributed by atoms with Gasteiger partial charge in [0, 0.05) is 24.2 Å². The second-order valence-electron chi connectivity index (χ2n) is 7.63. The van der Waals surface area contributed by atoms with E-state index in [0.717, 1.165) is 22.2 Å². The van der Waals surface area contributed by atoms with Crippen molar-refractivity contribution < 1.29 is 23.3 Å². The van der Waals surface area contributed by atoms with E-state index in [1.54, 1.807) is 20.2 Å². The zero-order valence-electron chi connectivity index (χ0n) is 18.6. The van der Waals surface area contributed by atoms with Gasteiger partial charge in [0.1, 0.15) is 33.8 Å². The number of nitrogens with two attached hydrogens (primary N) is 1. The lowest BCUT2D eigenvalue weighted by Crippen LogP contribution is -2.22. The van der Waals surface area contributed by atoms with Crippen LogP contribution in [-0.2, 0) is 18.4 Å². The molecule has 4 heterocycles. The number of rotatable bonds is 7. The number of alkyl halides is 2. The molecule has 4 aromatic heterocycles. The van der Waals surface area contributed by atoms with Gasteiger partial charge in [-0.25, -0.2) is 13.8 Å². The first-order valence-electron chi connectivity index (χ1n) is 10.0. The van der Waals surface area contributed by atoms with Crippen LogP contribution in [0.2, 0.25) is 0 Å². The highest BCUT2D eigenvalue weighted by atomic mass is 32.1. The van der Waals surface area contributed by atoms with Crippen LogP contribution in [0, 0.1) is 24.0 Å². The lowest BCUT2D eigenvalue weighted by atomic mass is 10.0. The molecule has 0 radical (unpaired) electrons. The molecule has 0 spiro atoms. The van der Waals surface area contributed by atoms with Gasteiger partial charge in [-0.2, -0.15) is 10.2 Å². The molecular weight excluding hydrogens is 486 g/mol. The van der Waals surface area contributed by atoms with E-state index in [0.29, 0.717) is 16.8 Å². The summed E-state index contributed by atoms with van der Waals surface area (Å²) in [7, 11) is 1.67. The van der Waals surface area contributed by atoms with Gasteiger partial charge in [-0.3, -0.25) is 29.1 Å². The Labute approximate surface area is 199 Å². The molecule has 0 bridgehead atoms. The number of hydrogen-bond donors (Lipinski definition) is 2. The van der Waals surface area contributed by atoms with Crippen LogP contribution < -0.4 is 11.1 Å². The van der Waals surface area contributed by atoms with Crippen LogP contribution in [0.25, 0.3) is 21.3 Å². The number of nitro groups is 1. The number of amides is 2. The zero-order valence-corrected chi connectivity index (χ0v) is 19.4. The average molecular weight is 504 g/mol. The first-order valence-corrected chi connectivity index (χ1v) is 10.8. The summed E-state index contributed by atoms with van der Waals surface area (Å²) in [6.07, 6.45) is -0.235. The molecule has 3 N–H and O–H groups in total. The Morgan fingerprint density at radius 1 is 1.31 bits per heavy atom. The van der Waals surface area contributed by atoms with E-state index in [2.05, 4.69) is 20.5 Å². The number of carbonyl (C=O) groups is 2. The number of fused-ring (bicyclic) bond motifs is 1. The molecule has 4 aromatic rings. The topological polar surface area (TPSA) is 164 Å². The Bertz CT molecular complexity index is 1510. The number of aryl methyl sites for hydroxylation is 2. The van der Waals surface area contributed by atoms with Gasteiger partial charge >= 0.3 is 5.69 Å². The minimum absolute atomic E-state index is 0.00776. The predicted molar refractivity (Wildman–Crippen MR) is 122 cm³/mol. The molecule has 15 heteroatoms. The number of primary amides is 1. The van der Waals surface area contributed by atoms with Crippen molar-refractivity contribution in [3.8, 4) is 11.1 Å². The molecule has 12 nitrogen and oxygen atoms in total. The summed E-state index contributed by atoms with van der Waals surface area (Å²) >= 11 is 0.772. The number of halogens is 2. The van der Waals surface area contributed by atoms with Crippen molar-refractivity contribution in [3.05, 3.63) is 50.5 Å². The van der Waals surface area contributed by atoms with E-state index < -0.39 is 35.4 Å². The lowest BCUT2D eigenvalue weighted by Gasteiger charge is -2.11. The maximum Gasteiger partial charge on any atom is 0.309 e. The number of aromatic nitrogens is 5. The molecule has 0 saturated heterocycles. The van der Waals surface area contributed by atoms with Gasteiger partial charge in [-0.1, -0.05) is 0 Å². The molecule has 0 aliphatic rings. The van der Waals surface area contributed by atoms with Crippen molar-refractivity contribution in [1.82, 2.24) is 24.5 Å². The second-order valence-corrected chi connectivity index (χ2v) is 8.63. The van der Waals surface area contributed by atoms with Crippen molar-refractivity contribution in [1.29, 1.82) is 0 Å². The largest absolute Gasteiger partial charge is 0.365 e. The van der Waals surface area contributed by atoms with Crippen molar-refractivity contribution in [2.45, 2.75) is 26.8 Å². The summed E-state index contributed by atoms with van der Waals surface area (Å²) < 4.78 is 29.9. The normalized spacial score (nSPS) is 11.4. The van der Waals surface area contributed by atoms with Gasteiger partial charge in [-0.05, 0) is 25.5 Å². The number of anilines is 1. The number of thiophene rings is 1. The van der Waals surface area contributed by atoms with Crippen molar-refractivity contribution in [3.63, 3.8) is 0 Å². The van der Waals surface area contributed by atoms with Crippen molar-refractivity contribution >= 4 is 44.7 Å². The molecule has 0 aliphatic heterocycles. The molecule has 35 heavy (non-hydrogen) atoms. The highest BCUT2D eigenvalue weighted by Gasteiger charge is 2.26. The molecule has 0 saturated carbocycles. The molecule has 0 fully saturated rings. The molecule has 0 unspecified atom stereocenters. The maximum absolute atomic E-state index is 13.6. The Morgan fingerprint density at radius 3 is 2.57 bits per heavy atom. The SMILES string of the molecule is Cc1nn(C)cc1-c1cc(C(F)F)nc2sc(C(N)=O)c(NC(=O)Cn3ncc([N+](=O)[O-])c3C)c12. The van der Waals surface area contributed by atoms with Gasteiger partial charge in [0.25, 0.3) is 12.3 Å². The standard InChI is InChI=1S/C20H18F2N8O4S/c1-8-11(6-28(3)27-8)10-4-12(18(21)22)25-20-15(10)16(17(35-20)19(23)32)26-14(31)7-29-9(2)13(5-24-29)30(33)34/h4-6,18H,7H2,1-3H3,(H2,23,32)(H,26,31). The van der Waals surface area contributed by atoms with Crippen LogP contribution in [0.15, 0.2) is 18.5 Å². The minimum Gasteiger partial charge on any atom is -0.365 e. The Morgan fingerprint density at radius 2 is 2.03 bits per heavy atom. The predicted octanol–water partition coefficient (Wildman–Crippen LogP) is 3.09. The van der Waals surface area contributed by atoms with Crippen LogP contribution in [-0.4, -0.2) is 41.3 Å². The first-order chi connectivity index (χ1) is 16.5. The highest BCUT2D eigenvalue weighted by molar-refractivity contribution is 7.21. The van der Waals surface area contributed by atoms with Crippen LogP contribution in [0.1, 0.15) is 33.2 Å². The second kappa shape index (κ2) is 8.83. The number of hydrogen-bond acceptors (Lipinski definition) is 8. The van der Waals surface area contributed by atoms with Gasteiger partial charge in [0.15, 0.2) is 0 Å². The molecule has 2 amide bonds. The molecule has 182 valence electrons. The zero-order chi connectivity index (χ0) is 25.6. The number of nitrogens with one attached hydrogen (secondary N) is 1. The fraction of sp³-hybridized carbons (Fsp3) is 0.250. The van der Waals surface area contributed by atoms with E-state index in [1.807, 2.05) is 0 Å². The third-order valence-electron chi connectivity index (χ3n) is 5.26. The lowest BCUT2D eigenvalue weighted by molar-refractivity contribution is -0.385. The minimum atomic E-state index is -2.88. The third-order valence-corrected chi connectivity index (χ3v) is 6.36. The maximum atomic E-state index is 13.6. The van der Waals surface area contributed by atoms with Crippen LogP contribution in [0.5, 0.6) is 0 Å². The van der Waals surface area contributed by atoms with Gasteiger partial charge < -0.3 is 11.1 Å². The smallest absolute Gasteiger partial charge is 0.309 e. The first kappa shape index (κ1) is 23.9. The Balaban J connectivity index is 1.86. The van der Waals surface area contributed by atoms with Crippen LogP contribution in [0.4, 0.5) is 20.2 Å². The summed E-state index contributed by atoms with van der Waals surface area (Å²) in [6, 6.07) is 1.19. The van der Waals surface area contributed by atoms with Crippen molar-refractivity contribution in [2.75, 3.05) is 5.32 Å². The quantitative estimate of drug-likeness (QED) is 0.288. The van der Waals surface area contributed by atoms with Crippen molar-refractivity contribution in [2.24, 2.45) is 12.8 Å². The molecular formula is C20H18F2N8O4S. The van der Waals surface area contributed by atoms with Crippen LogP contribution >= 0.6 is 11.3 Å². The fourth-order valence-corrected chi connectivity index (χ4v) is 4.70. The number of pyridine rings is 1. The Kier molecular flexibility index (Phi) is 6.02. The summed E-state index contributed by atoms with van der Waals surface area (Å²) in [5, 5.41) is 22.0. The summed E-state index contributed by atoms with van der Waals surface area (Å²) in [5.41, 5.74) is 6.25. The summed E-state index contributed by atoms with van der Waals surface area (Å²) in [4.78, 5) is 39.5.